The first-order valence-electron chi connectivity index (χ1n) is 7.62. The van der Waals surface area contributed by atoms with Gasteiger partial charge in [0.05, 0.1) is 0 Å². The molecule has 1 aromatic carbocycles. The maximum Gasteiger partial charge on any atom is 0.0356 e. The van der Waals surface area contributed by atoms with E-state index < -0.39 is 0 Å². The van der Waals surface area contributed by atoms with Crippen LogP contribution in [0.15, 0.2) is 24.3 Å². The van der Waals surface area contributed by atoms with Crippen molar-refractivity contribution in [2.45, 2.75) is 45.6 Å². The Bertz CT molecular complexity index is 400. The molecule has 0 aliphatic heterocycles. The van der Waals surface area contributed by atoms with Gasteiger partial charge >= 0.3 is 0 Å². The highest BCUT2D eigenvalue weighted by Crippen LogP contribution is 2.60. The number of benzene rings is 1. The van der Waals surface area contributed by atoms with Gasteiger partial charge in [0.15, 0.2) is 0 Å². The van der Waals surface area contributed by atoms with E-state index in [0.717, 1.165) is 24.3 Å². The van der Waals surface area contributed by atoms with E-state index in [9.17, 15) is 0 Å². The van der Waals surface area contributed by atoms with E-state index in [-0.39, 0.29) is 0 Å². The molecule has 1 heteroatoms. The van der Waals surface area contributed by atoms with Gasteiger partial charge in [-0.2, -0.15) is 0 Å². The second-order valence-electron chi connectivity index (χ2n) is 6.08. The Morgan fingerprint density at radius 1 is 1.17 bits per heavy atom. The normalized spacial score (nSPS) is 31.8. The molecule has 1 nitrogen and oxygen atoms in total. The Labute approximate surface area is 111 Å². The summed E-state index contributed by atoms with van der Waals surface area (Å²) in [5.41, 5.74) is 2.99. The third-order valence-electron chi connectivity index (χ3n) is 5.06. The van der Waals surface area contributed by atoms with Gasteiger partial charge < -0.3 is 5.32 Å². The van der Waals surface area contributed by atoms with Crippen LogP contribution in [0.5, 0.6) is 0 Å². The molecule has 0 radical (unpaired) electrons. The summed E-state index contributed by atoms with van der Waals surface area (Å²) in [7, 11) is 0. The summed E-state index contributed by atoms with van der Waals surface area (Å²) in [6.45, 7) is 5.57. The lowest BCUT2D eigenvalue weighted by Gasteiger charge is -2.21. The van der Waals surface area contributed by atoms with E-state index in [4.69, 9.17) is 0 Å². The van der Waals surface area contributed by atoms with E-state index in [1.807, 2.05) is 0 Å². The standard InChI is InChI=1S/C17H25N/c1-3-18-17(13-9-5-4-8-12(13)2)16-14-10-6-7-11-15(14)16/h4-5,8-9,14-18H,3,6-7,10-11H2,1-2H3. The predicted octanol–water partition coefficient (Wildman–Crippen LogP) is 4.08. The maximum absolute atomic E-state index is 3.76. The monoisotopic (exact) mass is 243 g/mol. The molecule has 2 aliphatic carbocycles. The van der Waals surface area contributed by atoms with Crippen molar-refractivity contribution in [3.63, 3.8) is 0 Å². The molecule has 0 saturated heterocycles. The van der Waals surface area contributed by atoms with Gasteiger partial charge in [0, 0.05) is 6.04 Å². The summed E-state index contributed by atoms with van der Waals surface area (Å²) in [6.07, 6.45) is 5.88. The lowest BCUT2D eigenvalue weighted by molar-refractivity contribution is 0.455. The van der Waals surface area contributed by atoms with Crippen LogP contribution < -0.4 is 5.32 Å². The predicted molar refractivity (Wildman–Crippen MR) is 76.5 cm³/mol. The summed E-state index contributed by atoms with van der Waals surface area (Å²) in [5.74, 6) is 2.94. The van der Waals surface area contributed by atoms with Gasteiger partial charge in [-0.05, 0) is 55.2 Å². The van der Waals surface area contributed by atoms with Crippen molar-refractivity contribution in [1.29, 1.82) is 0 Å². The van der Waals surface area contributed by atoms with Crippen LogP contribution >= 0.6 is 0 Å². The Kier molecular flexibility index (Phi) is 3.43. The van der Waals surface area contributed by atoms with E-state index in [1.165, 1.54) is 31.2 Å². The Balaban J connectivity index is 1.83. The van der Waals surface area contributed by atoms with Gasteiger partial charge in [-0.25, -0.2) is 0 Å². The molecule has 0 amide bonds. The molecule has 2 saturated carbocycles. The van der Waals surface area contributed by atoms with E-state index >= 15 is 0 Å². The zero-order valence-corrected chi connectivity index (χ0v) is 11.7. The molecule has 98 valence electrons. The molecule has 0 bridgehead atoms. The average molecular weight is 243 g/mol. The zero-order chi connectivity index (χ0) is 12.5. The largest absolute Gasteiger partial charge is 0.310 e. The second kappa shape index (κ2) is 5.05. The molecule has 2 aliphatic rings. The first-order chi connectivity index (χ1) is 8.83. The second-order valence-corrected chi connectivity index (χ2v) is 6.08. The summed E-state index contributed by atoms with van der Waals surface area (Å²) >= 11 is 0. The van der Waals surface area contributed by atoms with Crippen molar-refractivity contribution < 1.29 is 0 Å². The van der Waals surface area contributed by atoms with Gasteiger partial charge in [-0.15, -0.1) is 0 Å². The highest BCUT2D eigenvalue weighted by molar-refractivity contribution is 5.31. The minimum Gasteiger partial charge on any atom is -0.310 e. The lowest BCUT2D eigenvalue weighted by atomic mass is 9.95. The minimum absolute atomic E-state index is 0.601. The Hall–Kier alpha value is -0.820. The summed E-state index contributed by atoms with van der Waals surface area (Å²) < 4.78 is 0. The van der Waals surface area contributed by atoms with Crippen molar-refractivity contribution in [1.82, 2.24) is 5.32 Å². The number of fused-ring (bicyclic) bond motifs is 1. The number of hydrogen-bond acceptors (Lipinski definition) is 1. The SMILES string of the molecule is CCNC(c1ccccc1C)C1C2CCCCC21. The van der Waals surface area contributed by atoms with Crippen molar-refractivity contribution in [2.24, 2.45) is 17.8 Å². The lowest BCUT2D eigenvalue weighted by Crippen LogP contribution is -2.24. The van der Waals surface area contributed by atoms with Crippen molar-refractivity contribution >= 4 is 0 Å². The number of hydrogen-bond donors (Lipinski definition) is 1. The highest BCUT2D eigenvalue weighted by Gasteiger charge is 2.54. The third kappa shape index (κ3) is 2.09. The van der Waals surface area contributed by atoms with Crippen LogP contribution in [0.25, 0.3) is 0 Å². The van der Waals surface area contributed by atoms with Gasteiger partial charge in [-0.1, -0.05) is 44.0 Å². The Morgan fingerprint density at radius 3 is 2.44 bits per heavy atom. The molecule has 3 atom stereocenters. The topological polar surface area (TPSA) is 12.0 Å². The molecule has 3 rings (SSSR count). The van der Waals surface area contributed by atoms with Crippen LogP contribution in [0.1, 0.15) is 49.8 Å². The quantitative estimate of drug-likeness (QED) is 0.840. The smallest absolute Gasteiger partial charge is 0.0356 e. The van der Waals surface area contributed by atoms with Crippen LogP contribution in [0.4, 0.5) is 0 Å². The van der Waals surface area contributed by atoms with Crippen molar-refractivity contribution in [3.8, 4) is 0 Å². The van der Waals surface area contributed by atoms with E-state index in [2.05, 4.69) is 43.4 Å². The first kappa shape index (κ1) is 12.2. The summed E-state index contributed by atoms with van der Waals surface area (Å²) in [5, 5.41) is 3.76. The van der Waals surface area contributed by atoms with Gasteiger partial charge in [0.2, 0.25) is 0 Å². The van der Waals surface area contributed by atoms with Gasteiger partial charge in [0.1, 0.15) is 0 Å². The van der Waals surface area contributed by atoms with Crippen molar-refractivity contribution in [2.75, 3.05) is 6.54 Å². The molecule has 1 N–H and O–H groups in total. The number of aryl methyl sites for hydroxylation is 1. The fraction of sp³-hybridized carbons (Fsp3) is 0.647. The molecule has 1 aromatic rings. The summed E-state index contributed by atoms with van der Waals surface area (Å²) in [6, 6.07) is 9.53. The molecule has 0 spiro atoms. The molecule has 0 heterocycles. The maximum atomic E-state index is 3.76. The van der Waals surface area contributed by atoms with Gasteiger partial charge in [0.25, 0.3) is 0 Å². The molecule has 3 unspecified atom stereocenters. The minimum atomic E-state index is 0.601. The Morgan fingerprint density at radius 2 is 1.83 bits per heavy atom. The molecular formula is C17H25N. The van der Waals surface area contributed by atoms with Gasteiger partial charge in [-0.3, -0.25) is 0 Å². The highest BCUT2D eigenvalue weighted by atomic mass is 14.9. The molecular weight excluding hydrogens is 218 g/mol. The first-order valence-corrected chi connectivity index (χ1v) is 7.62. The van der Waals surface area contributed by atoms with Crippen molar-refractivity contribution in [3.05, 3.63) is 35.4 Å². The third-order valence-corrected chi connectivity index (χ3v) is 5.06. The zero-order valence-electron chi connectivity index (χ0n) is 11.7. The molecule has 18 heavy (non-hydrogen) atoms. The van der Waals surface area contributed by atoms with Crippen LogP contribution in [-0.4, -0.2) is 6.54 Å². The van der Waals surface area contributed by atoms with E-state index in [0.29, 0.717) is 6.04 Å². The van der Waals surface area contributed by atoms with Crippen LogP contribution in [0.2, 0.25) is 0 Å². The van der Waals surface area contributed by atoms with E-state index in [1.54, 1.807) is 5.56 Å². The number of rotatable bonds is 4. The fourth-order valence-corrected chi connectivity index (χ4v) is 4.15. The number of nitrogens with one attached hydrogen (secondary N) is 1. The van der Waals surface area contributed by atoms with Crippen LogP contribution in [0.3, 0.4) is 0 Å². The summed E-state index contributed by atoms with van der Waals surface area (Å²) in [4.78, 5) is 0. The molecule has 2 fully saturated rings. The fourth-order valence-electron chi connectivity index (χ4n) is 4.15. The van der Waals surface area contributed by atoms with Crippen LogP contribution in [-0.2, 0) is 0 Å². The van der Waals surface area contributed by atoms with Crippen LogP contribution in [0, 0.1) is 24.7 Å². The average Bonchev–Trinajstić information content (AvgIpc) is 3.11. The molecule has 0 aromatic heterocycles.